The van der Waals surface area contributed by atoms with Crippen molar-refractivity contribution in [2.24, 2.45) is 0 Å². The number of rotatable bonds is 7. The van der Waals surface area contributed by atoms with Crippen LogP contribution in [0.4, 0.5) is 5.69 Å². The molecule has 5 heteroatoms. The van der Waals surface area contributed by atoms with Gasteiger partial charge in [-0.2, -0.15) is 0 Å². The lowest BCUT2D eigenvalue weighted by Crippen LogP contribution is -2.20. The van der Waals surface area contributed by atoms with Gasteiger partial charge in [0.15, 0.2) is 12.2 Å². The van der Waals surface area contributed by atoms with Crippen LogP contribution in [0.5, 0.6) is 5.75 Å². The monoisotopic (exact) mass is 414 g/mol. The van der Waals surface area contributed by atoms with Gasteiger partial charge in [0.1, 0.15) is 11.3 Å². The zero-order chi connectivity index (χ0) is 21.8. The Bertz CT molecular complexity index is 1190. The highest BCUT2D eigenvalue weighted by atomic mass is 16.5. The van der Waals surface area contributed by atoms with Gasteiger partial charge in [-0.3, -0.25) is 4.79 Å². The number of ether oxygens (including phenoxy) is 1. The van der Waals surface area contributed by atoms with E-state index in [1.165, 1.54) is 5.56 Å². The van der Waals surface area contributed by atoms with Crippen LogP contribution in [0.25, 0.3) is 22.6 Å². The summed E-state index contributed by atoms with van der Waals surface area (Å²) in [6, 6.07) is 21.3. The first-order valence-electron chi connectivity index (χ1n) is 10.5. The van der Waals surface area contributed by atoms with Crippen LogP contribution < -0.4 is 10.1 Å². The van der Waals surface area contributed by atoms with Crippen LogP contribution in [-0.2, 0) is 4.79 Å². The molecule has 4 aromatic rings. The molecule has 31 heavy (non-hydrogen) atoms. The van der Waals surface area contributed by atoms with Crippen molar-refractivity contribution in [3.05, 3.63) is 77.9 Å². The molecule has 158 valence electrons. The van der Waals surface area contributed by atoms with Crippen molar-refractivity contribution in [1.82, 2.24) is 4.98 Å². The van der Waals surface area contributed by atoms with Crippen LogP contribution in [0.2, 0.25) is 0 Å². The minimum absolute atomic E-state index is 0.0615. The number of aryl methyl sites for hydroxylation is 1. The van der Waals surface area contributed by atoms with E-state index in [1.807, 2.05) is 61.5 Å². The van der Waals surface area contributed by atoms with E-state index in [9.17, 15) is 4.79 Å². The first kappa shape index (κ1) is 20.7. The summed E-state index contributed by atoms with van der Waals surface area (Å²) in [6.45, 7) is 6.32. The highest BCUT2D eigenvalue weighted by Gasteiger charge is 2.12. The standard InChI is InChI=1S/C26H26N2O3/c1-4-17(2)19-9-12-21(13-10-19)30-16-25(29)27-20-11-14-24-23(15-20)28-26(31-24)22-8-6-5-7-18(22)3/h5-15,17H,4,16H2,1-3H3,(H,27,29)/t17-/m1/s1. The van der Waals surface area contributed by atoms with E-state index in [0.29, 0.717) is 34.3 Å². The predicted molar refractivity (Wildman–Crippen MR) is 123 cm³/mol. The minimum Gasteiger partial charge on any atom is -0.484 e. The number of carbonyl (C=O) groups excluding carboxylic acids is 1. The van der Waals surface area contributed by atoms with Crippen molar-refractivity contribution in [2.75, 3.05) is 11.9 Å². The third-order valence-electron chi connectivity index (χ3n) is 5.48. The molecule has 1 heterocycles. The molecule has 0 aliphatic carbocycles. The Labute approximate surface area is 182 Å². The third kappa shape index (κ3) is 4.77. The van der Waals surface area contributed by atoms with E-state index in [2.05, 4.69) is 24.1 Å². The van der Waals surface area contributed by atoms with E-state index in [-0.39, 0.29) is 12.5 Å². The molecule has 1 amide bonds. The number of nitrogens with zero attached hydrogens (tertiary/aromatic N) is 1. The van der Waals surface area contributed by atoms with Gasteiger partial charge in [-0.1, -0.05) is 44.2 Å². The Morgan fingerprint density at radius 2 is 1.87 bits per heavy atom. The summed E-state index contributed by atoms with van der Waals surface area (Å²) in [5.41, 5.74) is 5.34. The average molecular weight is 415 g/mol. The topological polar surface area (TPSA) is 64.4 Å². The molecular formula is C26H26N2O3. The Morgan fingerprint density at radius 3 is 2.61 bits per heavy atom. The summed E-state index contributed by atoms with van der Waals surface area (Å²) >= 11 is 0. The fourth-order valence-electron chi connectivity index (χ4n) is 3.41. The van der Waals surface area contributed by atoms with Crippen LogP contribution in [0.15, 0.2) is 71.1 Å². The molecule has 0 aliphatic heterocycles. The van der Waals surface area contributed by atoms with Crippen molar-refractivity contribution in [3.8, 4) is 17.2 Å². The van der Waals surface area contributed by atoms with E-state index < -0.39 is 0 Å². The molecule has 0 saturated heterocycles. The molecule has 1 N–H and O–H groups in total. The zero-order valence-corrected chi connectivity index (χ0v) is 18.0. The van der Waals surface area contributed by atoms with Crippen molar-refractivity contribution >= 4 is 22.7 Å². The largest absolute Gasteiger partial charge is 0.484 e. The summed E-state index contributed by atoms with van der Waals surface area (Å²) < 4.78 is 11.5. The van der Waals surface area contributed by atoms with Gasteiger partial charge in [0.05, 0.1) is 0 Å². The van der Waals surface area contributed by atoms with Gasteiger partial charge in [-0.25, -0.2) is 4.98 Å². The van der Waals surface area contributed by atoms with Gasteiger partial charge in [0.2, 0.25) is 5.89 Å². The number of benzene rings is 3. The molecule has 4 rings (SSSR count). The maximum Gasteiger partial charge on any atom is 0.262 e. The first-order chi connectivity index (χ1) is 15.0. The molecule has 0 fully saturated rings. The molecule has 0 radical (unpaired) electrons. The molecular weight excluding hydrogens is 388 g/mol. The van der Waals surface area contributed by atoms with Gasteiger partial charge in [-0.05, 0) is 66.8 Å². The Balaban J connectivity index is 1.40. The SMILES string of the molecule is CC[C@@H](C)c1ccc(OCC(=O)Nc2ccc3oc(-c4ccccc4C)nc3c2)cc1. The molecule has 3 aromatic carbocycles. The molecule has 0 unspecified atom stereocenters. The van der Waals surface area contributed by atoms with E-state index in [1.54, 1.807) is 12.1 Å². The summed E-state index contributed by atoms with van der Waals surface area (Å²) in [6.07, 6.45) is 1.09. The maximum atomic E-state index is 12.3. The van der Waals surface area contributed by atoms with Crippen LogP contribution in [0.1, 0.15) is 37.3 Å². The van der Waals surface area contributed by atoms with Crippen LogP contribution >= 0.6 is 0 Å². The number of fused-ring (bicyclic) bond motifs is 1. The van der Waals surface area contributed by atoms with Crippen molar-refractivity contribution in [3.63, 3.8) is 0 Å². The normalized spacial score (nSPS) is 12.0. The Hall–Kier alpha value is -3.60. The maximum absolute atomic E-state index is 12.3. The summed E-state index contributed by atoms with van der Waals surface area (Å²) in [5.74, 6) is 1.53. The molecule has 1 atom stereocenters. The lowest BCUT2D eigenvalue weighted by molar-refractivity contribution is -0.118. The molecule has 1 aromatic heterocycles. The number of oxazole rings is 1. The number of anilines is 1. The zero-order valence-electron chi connectivity index (χ0n) is 18.0. The molecule has 0 aliphatic rings. The van der Waals surface area contributed by atoms with Gasteiger partial charge in [0.25, 0.3) is 5.91 Å². The predicted octanol–water partition coefficient (Wildman–Crippen LogP) is 6.33. The molecule has 0 saturated carbocycles. The number of nitrogens with one attached hydrogen (secondary N) is 1. The van der Waals surface area contributed by atoms with E-state index in [0.717, 1.165) is 17.5 Å². The molecule has 0 bridgehead atoms. The third-order valence-corrected chi connectivity index (χ3v) is 5.48. The Kier molecular flexibility index (Phi) is 6.03. The lowest BCUT2D eigenvalue weighted by Gasteiger charge is -2.11. The van der Waals surface area contributed by atoms with Gasteiger partial charge in [0, 0.05) is 11.3 Å². The fraction of sp³-hybridized carbons (Fsp3) is 0.231. The van der Waals surface area contributed by atoms with Gasteiger partial charge < -0.3 is 14.5 Å². The highest BCUT2D eigenvalue weighted by molar-refractivity contribution is 5.94. The van der Waals surface area contributed by atoms with Crippen molar-refractivity contribution in [1.29, 1.82) is 0 Å². The second-order valence-corrected chi connectivity index (χ2v) is 7.73. The summed E-state index contributed by atoms with van der Waals surface area (Å²) in [5, 5.41) is 2.86. The van der Waals surface area contributed by atoms with E-state index in [4.69, 9.17) is 9.15 Å². The molecule has 0 spiro atoms. The first-order valence-corrected chi connectivity index (χ1v) is 10.5. The lowest BCUT2D eigenvalue weighted by atomic mass is 9.99. The summed E-state index contributed by atoms with van der Waals surface area (Å²) in [7, 11) is 0. The van der Waals surface area contributed by atoms with Crippen LogP contribution in [0.3, 0.4) is 0 Å². The van der Waals surface area contributed by atoms with Crippen LogP contribution in [-0.4, -0.2) is 17.5 Å². The second-order valence-electron chi connectivity index (χ2n) is 7.73. The van der Waals surface area contributed by atoms with Crippen LogP contribution in [0, 0.1) is 6.92 Å². The van der Waals surface area contributed by atoms with Gasteiger partial charge >= 0.3 is 0 Å². The molecule has 5 nitrogen and oxygen atoms in total. The van der Waals surface area contributed by atoms with Crippen molar-refractivity contribution < 1.29 is 13.9 Å². The van der Waals surface area contributed by atoms with Crippen molar-refractivity contribution in [2.45, 2.75) is 33.1 Å². The highest BCUT2D eigenvalue weighted by Crippen LogP contribution is 2.28. The number of amides is 1. The quantitative estimate of drug-likeness (QED) is 0.383. The number of hydrogen-bond acceptors (Lipinski definition) is 4. The minimum atomic E-state index is -0.229. The number of aromatic nitrogens is 1. The number of carbonyl (C=O) groups is 1. The smallest absolute Gasteiger partial charge is 0.262 e. The number of hydrogen-bond donors (Lipinski definition) is 1. The summed E-state index contributed by atoms with van der Waals surface area (Å²) in [4.78, 5) is 16.9. The fourth-order valence-corrected chi connectivity index (χ4v) is 3.41. The van der Waals surface area contributed by atoms with E-state index >= 15 is 0 Å². The Morgan fingerprint density at radius 1 is 1.10 bits per heavy atom. The second kappa shape index (κ2) is 9.04. The average Bonchev–Trinajstić information content (AvgIpc) is 3.21. The van der Waals surface area contributed by atoms with Gasteiger partial charge in [-0.15, -0.1) is 0 Å².